The van der Waals surface area contributed by atoms with Crippen molar-refractivity contribution in [3.8, 4) is 0 Å². The SMILES string of the molecule is CCNC(=NCCCCOCCc1ccccc1)NCCc1ncc(C)s1. The highest BCUT2D eigenvalue weighted by Crippen LogP contribution is 2.10. The van der Waals surface area contributed by atoms with Crippen molar-refractivity contribution in [2.45, 2.75) is 39.5 Å². The van der Waals surface area contributed by atoms with Crippen LogP contribution in [0.1, 0.15) is 35.2 Å². The quantitative estimate of drug-likeness (QED) is 0.331. The van der Waals surface area contributed by atoms with Gasteiger partial charge in [-0.2, -0.15) is 0 Å². The number of ether oxygens (including phenoxy) is 1. The number of unbranched alkanes of at least 4 members (excludes halogenated alkanes) is 1. The van der Waals surface area contributed by atoms with E-state index in [1.54, 1.807) is 11.3 Å². The van der Waals surface area contributed by atoms with Gasteiger partial charge in [-0.3, -0.25) is 4.99 Å². The highest BCUT2D eigenvalue weighted by atomic mass is 32.1. The summed E-state index contributed by atoms with van der Waals surface area (Å²) in [6.45, 7) is 8.29. The lowest BCUT2D eigenvalue weighted by Gasteiger charge is -2.10. The summed E-state index contributed by atoms with van der Waals surface area (Å²) in [5.41, 5.74) is 1.33. The number of aryl methyl sites for hydroxylation is 1. The lowest BCUT2D eigenvalue weighted by molar-refractivity contribution is 0.134. The molecule has 2 rings (SSSR count). The minimum Gasteiger partial charge on any atom is -0.381 e. The Morgan fingerprint density at radius 1 is 1.11 bits per heavy atom. The normalized spacial score (nSPS) is 11.6. The van der Waals surface area contributed by atoms with Crippen LogP contribution in [0.3, 0.4) is 0 Å². The number of benzene rings is 1. The molecule has 2 aromatic rings. The maximum Gasteiger partial charge on any atom is 0.191 e. The molecule has 148 valence electrons. The van der Waals surface area contributed by atoms with Crippen molar-refractivity contribution in [1.29, 1.82) is 0 Å². The molecule has 0 aliphatic heterocycles. The molecule has 5 nitrogen and oxygen atoms in total. The summed E-state index contributed by atoms with van der Waals surface area (Å²) in [5.74, 6) is 0.885. The molecule has 0 spiro atoms. The molecule has 0 unspecified atom stereocenters. The number of guanidine groups is 1. The van der Waals surface area contributed by atoms with Crippen molar-refractivity contribution in [3.63, 3.8) is 0 Å². The fourth-order valence-electron chi connectivity index (χ4n) is 2.59. The minimum absolute atomic E-state index is 0.785. The number of nitrogens with zero attached hydrogens (tertiary/aromatic N) is 2. The summed E-state index contributed by atoms with van der Waals surface area (Å²) in [7, 11) is 0. The van der Waals surface area contributed by atoms with Gasteiger partial charge < -0.3 is 15.4 Å². The van der Waals surface area contributed by atoms with Gasteiger partial charge in [-0.25, -0.2) is 4.98 Å². The van der Waals surface area contributed by atoms with Crippen molar-refractivity contribution in [2.75, 3.05) is 32.8 Å². The van der Waals surface area contributed by atoms with Gasteiger partial charge in [0.1, 0.15) is 0 Å². The Labute approximate surface area is 167 Å². The average molecular weight is 389 g/mol. The maximum atomic E-state index is 5.72. The first-order valence-electron chi connectivity index (χ1n) is 9.83. The van der Waals surface area contributed by atoms with Crippen LogP contribution >= 0.6 is 11.3 Å². The maximum absolute atomic E-state index is 5.72. The van der Waals surface area contributed by atoms with Crippen LogP contribution in [0.25, 0.3) is 0 Å². The number of hydrogen-bond acceptors (Lipinski definition) is 4. The minimum atomic E-state index is 0.785. The fraction of sp³-hybridized carbons (Fsp3) is 0.524. The number of rotatable bonds is 12. The summed E-state index contributed by atoms with van der Waals surface area (Å²) in [5, 5.41) is 7.85. The molecule has 0 atom stereocenters. The van der Waals surface area contributed by atoms with Gasteiger partial charge in [0.05, 0.1) is 11.6 Å². The molecule has 0 aliphatic carbocycles. The molecular formula is C21H32N4OS. The van der Waals surface area contributed by atoms with Crippen molar-refractivity contribution in [2.24, 2.45) is 4.99 Å². The van der Waals surface area contributed by atoms with Gasteiger partial charge >= 0.3 is 0 Å². The smallest absolute Gasteiger partial charge is 0.191 e. The van der Waals surface area contributed by atoms with Crippen LogP contribution in [0.15, 0.2) is 41.5 Å². The summed E-state index contributed by atoms with van der Waals surface area (Å²) in [4.78, 5) is 10.3. The zero-order chi connectivity index (χ0) is 19.2. The number of nitrogens with one attached hydrogen (secondary N) is 2. The Kier molecular flexibility index (Phi) is 10.5. The predicted molar refractivity (Wildman–Crippen MR) is 115 cm³/mol. The van der Waals surface area contributed by atoms with Gasteiger partial charge in [-0.15, -0.1) is 11.3 Å². The molecule has 27 heavy (non-hydrogen) atoms. The van der Waals surface area contributed by atoms with Gasteiger partial charge in [-0.05, 0) is 38.7 Å². The molecule has 0 fully saturated rings. The summed E-state index contributed by atoms with van der Waals surface area (Å²) in [6.07, 6.45) is 5.91. The second-order valence-corrected chi connectivity index (χ2v) is 7.68. The van der Waals surface area contributed by atoms with E-state index in [0.717, 1.165) is 64.5 Å². The Bertz CT molecular complexity index is 657. The van der Waals surface area contributed by atoms with E-state index in [1.165, 1.54) is 15.4 Å². The number of thiazole rings is 1. The fourth-order valence-corrected chi connectivity index (χ4v) is 3.38. The second-order valence-electron chi connectivity index (χ2n) is 6.36. The third-order valence-electron chi connectivity index (χ3n) is 3.99. The van der Waals surface area contributed by atoms with Gasteiger partial charge in [-0.1, -0.05) is 30.3 Å². The van der Waals surface area contributed by atoms with E-state index < -0.39 is 0 Å². The van der Waals surface area contributed by atoms with Crippen LogP contribution in [0.4, 0.5) is 0 Å². The standard InChI is InChI=1S/C21H32N4OS/c1-3-22-21(24-14-11-20-25-17-18(2)27-20)23-13-7-8-15-26-16-12-19-9-5-4-6-10-19/h4-6,9-10,17H,3,7-8,11-16H2,1-2H3,(H2,22,23,24). The molecule has 0 saturated carbocycles. The van der Waals surface area contributed by atoms with Crippen molar-refractivity contribution >= 4 is 17.3 Å². The van der Waals surface area contributed by atoms with E-state index in [0.29, 0.717) is 0 Å². The number of hydrogen-bond donors (Lipinski definition) is 2. The molecule has 2 N–H and O–H groups in total. The van der Waals surface area contributed by atoms with Crippen molar-refractivity contribution < 1.29 is 4.74 Å². The van der Waals surface area contributed by atoms with Crippen LogP contribution in [0.5, 0.6) is 0 Å². The van der Waals surface area contributed by atoms with E-state index in [1.807, 2.05) is 12.3 Å². The molecule has 0 amide bonds. The molecular weight excluding hydrogens is 356 g/mol. The van der Waals surface area contributed by atoms with Crippen LogP contribution < -0.4 is 10.6 Å². The Morgan fingerprint density at radius 3 is 2.70 bits per heavy atom. The number of aliphatic imine (C=N–C) groups is 1. The molecule has 0 saturated heterocycles. The second kappa shape index (κ2) is 13.3. The van der Waals surface area contributed by atoms with E-state index >= 15 is 0 Å². The molecule has 0 bridgehead atoms. The van der Waals surface area contributed by atoms with Crippen LogP contribution in [0.2, 0.25) is 0 Å². The Balaban J connectivity index is 1.53. The van der Waals surface area contributed by atoms with E-state index in [4.69, 9.17) is 4.74 Å². The zero-order valence-corrected chi connectivity index (χ0v) is 17.4. The summed E-state index contributed by atoms with van der Waals surface area (Å²) >= 11 is 1.76. The first-order chi connectivity index (χ1) is 13.3. The predicted octanol–water partition coefficient (Wildman–Crippen LogP) is 3.59. The molecule has 1 aromatic carbocycles. The first kappa shape index (κ1) is 21.4. The molecule has 0 radical (unpaired) electrons. The first-order valence-corrected chi connectivity index (χ1v) is 10.6. The zero-order valence-electron chi connectivity index (χ0n) is 16.5. The third-order valence-corrected chi connectivity index (χ3v) is 4.96. The topological polar surface area (TPSA) is 58.5 Å². The highest BCUT2D eigenvalue weighted by Gasteiger charge is 2.01. The van der Waals surface area contributed by atoms with E-state index in [2.05, 4.69) is 58.7 Å². The largest absolute Gasteiger partial charge is 0.381 e. The summed E-state index contributed by atoms with van der Waals surface area (Å²) < 4.78 is 5.72. The Hall–Kier alpha value is -1.92. The molecule has 0 aliphatic rings. The molecule has 1 aromatic heterocycles. The monoisotopic (exact) mass is 388 g/mol. The lowest BCUT2D eigenvalue weighted by atomic mass is 10.2. The van der Waals surface area contributed by atoms with Crippen molar-refractivity contribution in [3.05, 3.63) is 52.0 Å². The van der Waals surface area contributed by atoms with Crippen LogP contribution in [-0.2, 0) is 17.6 Å². The van der Waals surface area contributed by atoms with Gasteiger partial charge in [0.2, 0.25) is 0 Å². The van der Waals surface area contributed by atoms with E-state index in [-0.39, 0.29) is 0 Å². The molecule has 6 heteroatoms. The van der Waals surface area contributed by atoms with Crippen LogP contribution in [-0.4, -0.2) is 43.8 Å². The van der Waals surface area contributed by atoms with Crippen LogP contribution in [0, 0.1) is 6.92 Å². The third kappa shape index (κ3) is 9.54. The number of aromatic nitrogens is 1. The van der Waals surface area contributed by atoms with E-state index in [9.17, 15) is 0 Å². The lowest BCUT2D eigenvalue weighted by Crippen LogP contribution is -2.38. The molecule has 1 heterocycles. The average Bonchev–Trinajstić information content (AvgIpc) is 3.09. The van der Waals surface area contributed by atoms with Gasteiger partial charge in [0.15, 0.2) is 5.96 Å². The Morgan fingerprint density at radius 2 is 1.96 bits per heavy atom. The highest BCUT2D eigenvalue weighted by molar-refractivity contribution is 7.11. The van der Waals surface area contributed by atoms with Gasteiger partial charge in [0.25, 0.3) is 0 Å². The van der Waals surface area contributed by atoms with Gasteiger partial charge in [0, 0.05) is 43.7 Å². The summed E-state index contributed by atoms with van der Waals surface area (Å²) in [6, 6.07) is 10.5. The van der Waals surface area contributed by atoms with Crippen molar-refractivity contribution in [1.82, 2.24) is 15.6 Å².